The van der Waals surface area contributed by atoms with Gasteiger partial charge in [0, 0.05) is 18.8 Å². The summed E-state index contributed by atoms with van der Waals surface area (Å²) in [7, 11) is 0. The Labute approximate surface area is 137 Å². The van der Waals surface area contributed by atoms with Gasteiger partial charge < -0.3 is 10.2 Å². The van der Waals surface area contributed by atoms with Crippen molar-refractivity contribution in [3.63, 3.8) is 0 Å². The van der Waals surface area contributed by atoms with Crippen LogP contribution in [0.1, 0.15) is 24.3 Å². The first-order chi connectivity index (χ1) is 11.3. The molecule has 1 saturated carbocycles. The molecule has 4 rings (SSSR count). The average Bonchev–Trinajstić information content (AvgIpc) is 3.15. The van der Waals surface area contributed by atoms with E-state index in [1.807, 2.05) is 35.2 Å². The molecule has 2 fully saturated rings. The maximum Gasteiger partial charge on any atom is 0.321 e. The summed E-state index contributed by atoms with van der Waals surface area (Å²) in [5, 5.41) is 3.00. The Morgan fingerprint density at radius 2 is 1.43 bits per heavy atom. The Morgan fingerprint density at radius 3 is 2.04 bits per heavy atom. The summed E-state index contributed by atoms with van der Waals surface area (Å²) in [6, 6.07) is 20.6. The maximum atomic E-state index is 12.4. The maximum absolute atomic E-state index is 12.4. The van der Waals surface area contributed by atoms with Crippen LogP contribution in [0.3, 0.4) is 0 Å². The molecule has 1 N–H and O–H groups in total. The van der Waals surface area contributed by atoms with Crippen molar-refractivity contribution in [2.24, 2.45) is 11.8 Å². The molecule has 2 amide bonds. The molecule has 2 aliphatic rings. The fourth-order valence-corrected chi connectivity index (χ4v) is 4.19. The Hall–Kier alpha value is -2.29. The van der Waals surface area contributed by atoms with Crippen LogP contribution >= 0.6 is 0 Å². The number of nitrogens with one attached hydrogen (secondary N) is 1. The van der Waals surface area contributed by atoms with Gasteiger partial charge in [-0.2, -0.15) is 0 Å². The molecule has 23 heavy (non-hydrogen) atoms. The first-order valence-electron chi connectivity index (χ1n) is 8.45. The summed E-state index contributed by atoms with van der Waals surface area (Å²) >= 11 is 0. The lowest BCUT2D eigenvalue weighted by Crippen LogP contribution is -2.33. The van der Waals surface area contributed by atoms with E-state index in [-0.39, 0.29) is 6.03 Å². The lowest BCUT2D eigenvalue weighted by atomic mass is 9.96. The highest BCUT2D eigenvalue weighted by atomic mass is 16.2. The van der Waals surface area contributed by atoms with Gasteiger partial charge >= 0.3 is 6.03 Å². The predicted octanol–water partition coefficient (Wildman–Crippen LogP) is 4.34. The van der Waals surface area contributed by atoms with Gasteiger partial charge in [-0.15, -0.1) is 0 Å². The fourth-order valence-electron chi connectivity index (χ4n) is 4.19. The molecular weight excluding hydrogens is 284 g/mol. The quantitative estimate of drug-likeness (QED) is 0.879. The summed E-state index contributed by atoms with van der Waals surface area (Å²) in [5.41, 5.74) is 2.33. The molecule has 0 bridgehead atoms. The molecule has 3 heteroatoms. The van der Waals surface area contributed by atoms with E-state index in [2.05, 4.69) is 35.6 Å². The van der Waals surface area contributed by atoms with E-state index in [0.29, 0.717) is 17.8 Å². The van der Waals surface area contributed by atoms with Crippen molar-refractivity contribution < 1.29 is 4.79 Å². The zero-order chi connectivity index (χ0) is 15.6. The van der Waals surface area contributed by atoms with Crippen molar-refractivity contribution in [1.82, 2.24) is 4.90 Å². The van der Waals surface area contributed by atoms with Crippen molar-refractivity contribution in [3.8, 4) is 0 Å². The van der Waals surface area contributed by atoms with E-state index in [9.17, 15) is 4.79 Å². The molecule has 0 spiro atoms. The average molecular weight is 306 g/mol. The van der Waals surface area contributed by atoms with Gasteiger partial charge in [-0.25, -0.2) is 4.79 Å². The van der Waals surface area contributed by atoms with E-state index in [4.69, 9.17) is 0 Å². The van der Waals surface area contributed by atoms with Gasteiger partial charge in [-0.05, 0) is 48.3 Å². The molecule has 1 saturated heterocycles. The van der Waals surface area contributed by atoms with Crippen LogP contribution in [0.5, 0.6) is 0 Å². The molecule has 2 aromatic carbocycles. The van der Waals surface area contributed by atoms with Crippen LogP contribution in [-0.4, -0.2) is 24.0 Å². The van der Waals surface area contributed by atoms with Gasteiger partial charge in [-0.1, -0.05) is 48.5 Å². The third-order valence-electron chi connectivity index (χ3n) is 5.33. The number of likely N-dealkylation sites (tertiary alicyclic amines) is 1. The lowest BCUT2D eigenvalue weighted by molar-refractivity contribution is 0.218. The van der Waals surface area contributed by atoms with Gasteiger partial charge in [0.1, 0.15) is 0 Å². The summed E-state index contributed by atoms with van der Waals surface area (Å²) in [4.78, 5) is 14.4. The second kappa shape index (κ2) is 6.07. The zero-order valence-electron chi connectivity index (χ0n) is 13.2. The third kappa shape index (κ3) is 2.96. The molecule has 1 aliphatic carbocycles. The number of hydrogen-bond acceptors (Lipinski definition) is 1. The largest absolute Gasteiger partial charge is 0.324 e. The molecule has 1 heterocycles. The van der Waals surface area contributed by atoms with Crippen LogP contribution in [0.15, 0.2) is 60.7 Å². The molecule has 3 nitrogen and oxygen atoms in total. The number of nitrogens with zero attached hydrogens (tertiary/aromatic N) is 1. The zero-order valence-corrected chi connectivity index (χ0v) is 13.2. The molecule has 2 atom stereocenters. The number of rotatable bonds is 2. The Kier molecular flexibility index (Phi) is 3.78. The lowest BCUT2D eigenvalue weighted by Gasteiger charge is -2.20. The van der Waals surface area contributed by atoms with Crippen LogP contribution in [0.25, 0.3) is 0 Å². The number of benzene rings is 2. The normalized spacial score (nSPS) is 26.1. The Bertz CT molecular complexity index is 657. The van der Waals surface area contributed by atoms with Crippen LogP contribution < -0.4 is 5.32 Å². The Balaban J connectivity index is 1.36. The first kappa shape index (κ1) is 14.3. The molecule has 2 unspecified atom stereocenters. The molecule has 1 aliphatic heterocycles. The van der Waals surface area contributed by atoms with Crippen molar-refractivity contribution in [2.75, 3.05) is 18.4 Å². The van der Waals surface area contributed by atoms with E-state index in [1.165, 1.54) is 18.4 Å². The predicted molar refractivity (Wildman–Crippen MR) is 92.4 cm³/mol. The van der Waals surface area contributed by atoms with E-state index in [0.717, 1.165) is 18.8 Å². The Morgan fingerprint density at radius 1 is 0.870 bits per heavy atom. The van der Waals surface area contributed by atoms with E-state index in [1.54, 1.807) is 0 Å². The number of amides is 2. The summed E-state index contributed by atoms with van der Waals surface area (Å²) in [5.74, 6) is 1.98. The minimum absolute atomic E-state index is 0.0434. The fraction of sp³-hybridized carbons (Fsp3) is 0.350. The van der Waals surface area contributed by atoms with Crippen LogP contribution in [0, 0.1) is 11.8 Å². The highest BCUT2D eigenvalue weighted by Crippen LogP contribution is 2.46. The SMILES string of the molecule is O=C(Nc1ccccc1)N1CC2CC(c3ccccc3)CC2C1. The monoisotopic (exact) mass is 306 g/mol. The van der Waals surface area contributed by atoms with E-state index < -0.39 is 0 Å². The van der Waals surface area contributed by atoms with Gasteiger partial charge in [0.15, 0.2) is 0 Å². The number of para-hydroxylation sites is 1. The number of carbonyl (C=O) groups is 1. The van der Waals surface area contributed by atoms with E-state index >= 15 is 0 Å². The number of urea groups is 1. The van der Waals surface area contributed by atoms with Crippen molar-refractivity contribution in [3.05, 3.63) is 66.2 Å². The summed E-state index contributed by atoms with van der Waals surface area (Å²) in [6.07, 6.45) is 2.42. The minimum Gasteiger partial charge on any atom is -0.324 e. The first-order valence-corrected chi connectivity index (χ1v) is 8.45. The van der Waals surface area contributed by atoms with Crippen molar-refractivity contribution in [2.45, 2.75) is 18.8 Å². The number of anilines is 1. The standard InChI is InChI=1S/C20H22N2O/c23-20(21-19-9-5-2-6-10-19)22-13-17-11-16(12-18(17)14-22)15-7-3-1-4-8-15/h1-10,16-18H,11-14H2,(H,21,23). The van der Waals surface area contributed by atoms with Crippen molar-refractivity contribution in [1.29, 1.82) is 0 Å². The smallest absolute Gasteiger partial charge is 0.321 e. The minimum atomic E-state index is 0.0434. The van der Waals surface area contributed by atoms with Crippen LogP contribution in [0.4, 0.5) is 10.5 Å². The third-order valence-corrected chi connectivity index (χ3v) is 5.33. The van der Waals surface area contributed by atoms with Crippen LogP contribution in [-0.2, 0) is 0 Å². The molecule has 2 aromatic rings. The van der Waals surface area contributed by atoms with Crippen molar-refractivity contribution >= 4 is 11.7 Å². The van der Waals surface area contributed by atoms with Gasteiger partial charge in [-0.3, -0.25) is 0 Å². The second-order valence-corrected chi connectivity index (χ2v) is 6.80. The summed E-state index contributed by atoms with van der Waals surface area (Å²) < 4.78 is 0. The highest BCUT2D eigenvalue weighted by Gasteiger charge is 2.42. The molecular formula is C20H22N2O. The number of fused-ring (bicyclic) bond motifs is 1. The number of carbonyl (C=O) groups excluding carboxylic acids is 1. The number of hydrogen-bond donors (Lipinski definition) is 1. The van der Waals surface area contributed by atoms with Gasteiger partial charge in [0.2, 0.25) is 0 Å². The summed E-state index contributed by atoms with van der Waals surface area (Å²) in [6.45, 7) is 1.79. The van der Waals surface area contributed by atoms with Gasteiger partial charge in [0.05, 0.1) is 0 Å². The molecule has 0 radical (unpaired) electrons. The second-order valence-electron chi connectivity index (χ2n) is 6.80. The van der Waals surface area contributed by atoms with Gasteiger partial charge in [0.25, 0.3) is 0 Å². The molecule has 0 aromatic heterocycles. The van der Waals surface area contributed by atoms with Crippen LogP contribution in [0.2, 0.25) is 0 Å². The highest BCUT2D eigenvalue weighted by molar-refractivity contribution is 5.89. The topological polar surface area (TPSA) is 32.3 Å². The molecule has 118 valence electrons.